The molecular formula is C15H25N5. The van der Waals surface area contributed by atoms with E-state index in [4.69, 9.17) is 5.73 Å². The smallest absolute Gasteiger partial charge is 0.202 e. The summed E-state index contributed by atoms with van der Waals surface area (Å²) in [5.74, 6) is 1.50. The van der Waals surface area contributed by atoms with E-state index in [1.807, 2.05) is 11.7 Å². The average molecular weight is 275 g/mol. The zero-order valence-corrected chi connectivity index (χ0v) is 12.8. The number of aromatic nitrogens is 4. The first-order valence-electron chi connectivity index (χ1n) is 7.81. The van der Waals surface area contributed by atoms with E-state index in [0.717, 1.165) is 35.6 Å². The van der Waals surface area contributed by atoms with Gasteiger partial charge in [-0.3, -0.25) is 9.25 Å². The van der Waals surface area contributed by atoms with E-state index >= 15 is 0 Å². The van der Waals surface area contributed by atoms with E-state index in [0.29, 0.717) is 12.0 Å². The van der Waals surface area contributed by atoms with Gasteiger partial charge in [-0.2, -0.15) is 5.10 Å². The number of hydrogen-bond acceptors (Lipinski definition) is 3. The number of rotatable bonds is 3. The van der Waals surface area contributed by atoms with Gasteiger partial charge < -0.3 is 5.73 Å². The summed E-state index contributed by atoms with van der Waals surface area (Å²) in [5, 5.41) is 4.63. The van der Waals surface area contributed by atoms with Gasteiger partial charge in [0.1, 0.15) is 5.52 Å². The molecule has 0 aromatic carbocycles. The molecule has 1 aliphatic carbocycles. The van der Waals surface area contributed by atoms with Crippen molar-refractivity contribution in [3.8, 4) is 0 Å². The maximum absolute atomic E-state index is 6.21. The maximum atomic E-state index is 6.21. The minimum absolute atomic E-state index is 0.487. The third kappa shape index (κ3) is 2.09. The summed E-state index contributed by atoms with van der Waals surface area (Å²) in [6.45, 7) is 4.51. The number of anilines is 1. The van der Waals surface area contributed by atoms with E-state index < -0.39 is 0 Å². The molecule has 0 amide bonds. The predicted molar refractivity (Wildman–Crippen MR) is 81.6 cm³/mol. The van der Waals surface area contributed by atoms with Gasteiger partial charge >= 0.3 is 0 Å². The van der Waals surface area contributed by atoms with Crippen LogP contribution in [0.5, 0.6) is 0 Å². The second-order valence-electron chi connectivity index (χ2n) is 6.25. The SMILES string of the molecule is CCCc1nn(C)c2c1nc(N)n2C1CCC(C)CC1. The quantitative estimate of drug-likeness (QED) is 0.936. The zero-order valence-electron chi connectivity index (χ0n) is 12.8. The molecule has 5 heteroatoms. The molecule has 0 unspecified atom stereocenters. The van der Waals surface area contributed by atoms with E-state index in [9.17, 15) is 0 Å². The highest BCUT2D eigenvalue weighted by molar-refractivity contribution is 5.78. The first-order valence-corrected chi connectivity index (χ1v) is 7.81. The molecule has 5 nitrogen and oxygen atoms in total. The average Bonchev–Trinajstić information content (AvgIpc) is 2.90. The van der Waals surface area contributed by atoms with Crippen LogP contribution in [-0.4, -0.2) is 19.3 Å². The molecule has 0 aliphatic heterocycles. The number of hydrogen-bond donors (Lipinski definition) is 1. The molecule has 0 bridgehead atoms. The van der Waals surface area contributed by atoms with Gasteiger partial charge in [0.15, 0.2) is 5.65 Å². The lowest BCUT2D eigenvalue weighted by Gasteiger charge is -2.28. The molecule has 20 heavy (non-hydrogen) atoms. The third-order valence-corrected chi connectivity index (χ3v) is 4.60. The van der Waals surface area contributed by atoms with E-state index in [1.165, 1.54) is 25.7 Å². The van der Waals surface area contributed by atoms with Crippen molar-refractivity contribution in [2.24, 2.45) is 13.0 Å². The minimum Gasteiger partial charge on any atom is -0.369 e. The minimum atomic E-state index is 0.487. The monoisotopic (exact) mass is 275 g/mol. The van der Waals surface area contributed by atoms with Crippen LogP contribution in [0.4, 0.5) is 5.95 Å². The van der Waals surface area contributed by atoms with Gasteiger partial charge in [-0.05, 0) is 38.0 Å². The van der Waals surface area contributed by atoms with Crippen molar-refractivity contribution in [1.29, 1.82) is 0 Å². The molecule has 1 saturated carbocycles. The Balaban J connectivity index is 2.04. The lowest BCUT2D eigenvalue weighted by molar-refractivity contribution is 0.294. The highest BCUT2D eigenvalue weighted by Gasteiger charge is 2.26. The second kappa shape index (κ2) is 5.11. The number of imidazole rings is 1. The van der Waals surface area contributed by atoms with Crippen LogP contribution in [0.15, 0.2) is 0 Å². The van der Waals surface area contributed by atoms with Crippen LogP contribution >= 0.6 is 0 Å². The highest BCUT2D eigenvalue weighted by Crippen LogP contribution is 2.36. The van der Waals surface area contributed by atoms with Crippen molar-refractivity contribution in [2.75, 3.05) is 5.73 Å². The van der Waals surface area contributed by atoms with Crippen LogP contribution < -0.4 is 5.73 Å². The Hall–Kier alpha value is -1.52. The molecule has 0 atom stereocenters. The number of nitrogens with two attached hydrogens (primary N) is 1. The fraction of sp³-hybridized carbons (Fsp3) is 0.733. The second-order valence-corrected chi connectivity index (χ2v) is 6.25. The van der Waals surface area contributed by atoms with Gasteiger partial charge in [0.2, 0.25) is 5.95 Å². The molecule has 0 spiro atoms. The summed E-state index contributed by atoms with van der Waals surface area (Å²) < 4.78 is 4.19. The van der Waals surface area contributed by atoms with Crippen LogP contribution in [0, 0.1) is 5.92 Å². The summed E-state index contributed by atoms with van der Waals surface area (Å²) in [6.07, 6.45) is 7.01. The van der Waals surface area contributed by atoms with Crippen LogP contribution in [-0.2, 0) is 13.5 Å². The van der Waals surface area contributed by atoms with Gasteiger partial charge in [-0.15, -0.1) is 0 Å². The number of aryl methyl sites for hydroxylation is 2. The van der Waals surface area contributed by atoms with Crippen molar-refractivity contribution < 1.29 is 0 Å². The van der Waals surface area contributed by atoms with Crippen LogP contribution in [0.1, 0.15) is 57.7 Å². The van der Waals surface area contributed by atoms with Gasteiger partial charge in [0.25, 0.3) is 0 Å². The lowest BCUT2D eigenvalue weighted by atomic mass is 9.87. The largest absolute Gasteiger partial charge is 0.369 e. The van der Waals surface area contributed by atoms with E-state index in [-0.39, 0.29) is 0 Å². The van der Waals surface area contributed by atoms with Gasteiger partial charge in [-0.25, -0.2) is 4.98 Å². The highest BCUT2D eigenvalue weighted by atomic mass is 15.4. The molecular weight excluding hydrogens is 250 g/mol. The number of nitrogens with zero attached hydrogens (tertiary/aromatic N) is 4. The van der Waals surface area contributed by atoms with E-state index in [1.54, 1.807) is 0 Å². The molecule has 110 valence electrons. The molecule has 2 heterocycles. The summed E-state index contributed by atoms with van der Waals surface area (Å²) >= 11 is 0. The Kier molecular flexibility index (Phi) is 3.44. The summed E-state index contributed by atoms with van der Waals surface area (Å²) in [4.78, 5) is 4.60. The predicted octanol–water partition coefficient (Wildman–Crippen LogP) is 3.06. The summed E-state index contributed by atoms with van der Waals surface area (Å²) in [6, 6.07) is 0.487. The molecule has 0 radical (unpaired) electrons. The Morgan fingerprint density at radius 3 is 2.60 bits per heavy atom. The zero-order chi connectivity index (χ0) is 14.3. The summed E-state index contributed by atoms with van der Waals surface area (Å²) in [7, 11) is 2.00. The Morgan fingerprint density at radius 2 is 1.95 bits per heavy atom. The first kappa shape index (κ1) is 13.5. The Morgan fingerprint density at radius 1 is 1.25 bits per heavy atom. The topological polar surface area (TPSA) is 61.7 Å². The third-order valence-electron chi connectivity index (χ3n) is 4.60. The first-order chi connectivity index (χ1) is 9.61. The van der Waals surface area contributed by atoms with Crippen LogP contribution in [0.3, 0.4) is 0 Å². The molecule has 0 saturated heterocycles. The van der Waals surface area contributed by atoms with Crippen molar-refractivity contribution in [2.45, 2.75) is 58.4 Å². The fourth-order valence-corrected chi connectivity index (χ4v) is 3.49. The van der Waals surface area contributed by atoms with Crippen molar-refractivity contribution in [3.05, 3.63) is 5.69 Å². The Labute approximate surface area is 120 Å². The van der Waals surface area contributed by atoms with Crippen LogP contribution in [0.25, 0.3) is 11.2 Å². The molecule has 1 fully saturated rings. The number of nitrogen functional groups attached to an aromatic ring is 1. The Bertz CT molecular complexity index is 601. The van der Waals surface area contributed by atoms with Gasteiger partial charge in [0, 0.05) is 13.1 Å². The van der Waals surface area contributed by atoms with E-state index in [2.05, 4.69) is 28.5 Å². The fourth-order valence-electron chi connectivity index (χ4n) is 3.49. The summed E-state index contributed by atoms with van der Waals surface area (Å²) in [5.41, 5.74) is 9.40. The number of fused-ring (bicyclic) bond motifs is 1. The van der Waals surface area contributed by atoms with Gasteiger partial charge in [0.05, 0.1) is 5.69 Å². The molecule has 2 N–H and O–H groups in total. The van der Waals surface area contributed by atoms with Crippen LogP contribution in [0.2, 0.25) is 0 Å². The maximum Gasteiger partial charge on any atom is 0.202 e. The molecule has 2 aromatic heterocycles. The standard InChI is InChI=1S/C15H25N5/c1-4-5-12-13-14(19(3)18-12)20(15(16)17-13)11-8-6-10(2)7-9-11/h10-11H,4-9H2,1-3H3,(H2,16,17). The normalized spacial score (nSPS) is 23.6. The van der Waals surface area contributed by atoms with Crippen molar-refractivity contribution in [1.82, 2.24) is 19.3 Å². The van der Waals surface area contributed by atoms with Gasteiger partial charge in [-0.1, -0.05) is 20.3 Å². The lowest BCUT2D eigenvalue weighted by Crippen LogP contribution is -2.19. The van der Waals surface area contributed by atoms with Crippen molar-refractivity contribution >= 4 is 17.1 Å². The molecule has 1 aliphatic rings. The van der Waals surface area contributed by atoms with Crippen molar-refractivity contribution in [3.63, 3.8) is 0 Å². The molecule has 3 rings (SSSR count). The molecule has 2 aromatic rings.